The quantitative estimate of drug-likeness (QED) is 0.274. The smallest absolute Gasteiger partial charge is 0.258 e. The number of halogens is 1. The highest BCUT2D eigenvalue weighted by molar-refractivity contribution is 9.10. The van der Waals surface area contributed by atoms with Crippen LogP contribution in [0.25, 0.3) is 32.9 Å². The van der Waals surface area contributed by atoms with Crippen LogP contribution in [0.1, 0.15) is 36.9 Å². The number of hydrogen-bond acceptors (Lipinski definition) is 4. The molecule has 0 aliphatic carbocycles. The van der Waals surface area contributed by atoms with Gasteiger partial charge in [-0.3, -0.25) is 14.6 Å². The Hall–Kier alpha value is -4.10. The Labute approximate surface area is 221 Å². The van der Waals surface area contributed by atoms with Crippen molar-refractivity contribution in [3.8, 4) is 11.1 Å². The van der Waals surface area contributed by atoms with E-state index in [1.807, 2.05) is 85.8 Å². The van der Waals surface area contributed by atoms with Crippen molar-refractivity contribution < 1.29 is 4.79 Å². The fourth-order valence-corrected chi connectivity index (χ4v) is 5.50. The zero-order valence-corrected chi connectivity index (χ0v) is 21.7. The van der Waals surface area contributed by atoms with Gasteiger partial charge in [0.05, 0.1) is 22.8 Å². The summed E-state index contributed by atoms with van der Waals surface area (Å²) in [5.74, 6) is -0.103. The van der Waals surface area contributed by atoms with E-state index in [1.54, 1.807) is 6.20 Å². The second kappa shape index (κ2) is 9.41. The van der Waals surface area contributed by atoms with Crippen molar-refractivity contribution >= 4 is 49.4 Å². The summed E-state index contributed by atoms with van der Waals surface area (Å²) in [6.45, 7) is 1.82. The van der Waals surface area contributed by atoms with E-state index >= 15 is 0 Å². The number of hydrazone groups is 1. The molecule has 0 saturated heterocycles. The molecule has 182 valence electrons. The van der Waals surface area contributed by atoms with Gasteiger partial charge in [-0.2, -0.15) is 5.10 Å². The number of aromatic nitrogens is 2. The number of nitrogens with zero attached hydrogens (tertiary/aromatic N) is 3. The van der Waals surface area contributed by atoms with Crippen molar-refractivity contribution in [1.82, 2.24) is 15.0 Å². The highest BCUT2D eigenvalue weighted by Crippen LogP contribution is 2.39. The van der Waals surface area contributed by atoms with Crippen LogP contribution in [0.3, 0.4) is 0 Å². The first-order chi connectivity index (χ1) is 18.0. The largest absolute Gasteiger partial charge is 0.321 e. The number of benzene rings is 3. The first-order valence-electron chi connectivity index (χ1n) is 12.2. The first-order valence-corrected chi connectivity index (χ1v) is 13.0. The molecule has 6 nitrogen and oxygen atoms in total. The molecule has 0 spiro atoms. The van der Waals surface area contributed by atoms with Crippen molar-refractivity contribution in [1.29, 1.82) is 0 Å². The Kier molecular flexibility index (Phi) is 5.93. The molecule has 1 atom stereocenters. The molecule has 0 radical (unpaired) electrons. The van der Waals surface area contributed by atoms with E-state index in [9.17, 15) is 9.59 Å². The number of nitrogens with one attached hydrogen (secondary N) is 1. The zero-order valence-electron chi connectivity index (χ0n) is 20.1. The molecule has 0 saturated carbocycles. The predicted octanol–water partition coefficient (Wildman–Crippen LogP) is 6.59. The van der Waals surface area contributed by atoms with Gasteiger partial charge in [0.15, 0.2) is 0 Å². The Morgan fingerprint density at radius 1 is 1.03 bits per heavy atom. The molecule has 3 aromatic carbocycles. The van der Waals surface area contributed by atoms with Crippen molar-refractivity contribution in [2.24, 2.45) is 5.10 Å². The third-order valence-corrected chi connectivity index (χ3v) is 7.31. The Balaban J connectivity index is 1.59. The topological polar surface area (TPSA) is 78.4 Å². The van der Waals surface area contributed by atoms with Gasteiger partial charge in [-0.1, -0.05) is 77.5 Å². The summed E-state index contributed by atoms with van der Waals surface area (Å²) in [5, 5.41) is 8.25. The van der Waals surface area contributed by atoms with Gasteiger partial charge in [0.2, 0.25) is 5.91 Å². The van der Waals surface area contributed by atoms with Gasteiger partial charge in [0.25, 0.3) is 5.56 Å². The Morgan fingerprint density at radius 3 is 2.65 bits per heavy atom. The lowest BCUT2D eigenvalue weighted by Crippen LogP contribution is -2.26. The van der Waals surface area contributed by atoms with Crippen molar-refractivity contribution in [3.63, 3.8) is 0 Å². The highest BCUT2D eigenvalue weighted by atomic mass is 79.9. The average molecular weight is 551 g/mol. The average Bonchev–Trinajstić information content (AvgIpc) is 3.37. The molecule has 1 aliphatic rings. The van der Waals surface area contributed by atoms with Crippen LogP contribution in [0.5, 0.6) is 0 Å². The van der Waals surface area contributed by atoms with E-state index in [0.29, 0.717) is 24.1 Å². The van der Waals surface area contributed by atoms with E-state index in [-0.39, 0.29) is 17.5 Å². The summed E-state index contributed by atoms with van der Waals surface area (Å²) in [6.07, 6.45) is 2.47. The van der Waals surface area contributed by atoms with Crippen LogP contribution in [0.15, 0.2) is 99.4 Å². The van der Waals surface area contributed by atoms with Gasteiger partial charge in [0.1, 0.15) is 0 Å². The fraction of sp³-hybridized carbons (Fsp3) is 0.133. The number of carbonyl (C=O) groups excluding carboxylic acids is 1. The molecule has 0 fully saturated rings. The number of para-hydroxylation sites is 1. The Morgan fingerprint density at radius 2 is 1.84 bits per heavy atom. The first kappa shape index (κ1) is 23.3. The van der Waals surface area contributed by atoms with Gasteiger partial charge in [-0.05, 0) is 29.8 Å². The second-order valence-corrected chi connectivity index (χ2v) is 9.96. The number of amides is 1. The summed E-state index contributed by atoms with van der Waals surface area (Å²) in [7, 11) is 0. The monoisotopic (exact) mass is 550 g/mol. The molecule has 6 rings (SSSR count). The summed E-state index contributed by atoms with van der Waals surface area (Å²) in [6, 6.07) is 25.2. The third kappa shape index (κ3) is 4.05. The fourth-order valence-electron chi connectivity index (χ4n) is 5.14. The van der Waals surface area contributed by atoms with Gasteiger partial charge < -0.3 is 4.98 Å². The second-order valence-electron chi connectivity index (χ2n) is 9.04. The molecule has 7 heteroatoms. The minimum absolute atomic E-state index is 0.103. The molecule has 0 unspecified atom stereocenters. The van der Waals surface area contributed by atoms with Gasteiger partial charge in [0, 0.05) is 50.9 Å². The number of rotatable bonds is 4. The summed E-state index contributed by atoms with van der Waals surface area (Å²) in [4.78, 5) is 34.4. The van der Waals surface area contributed by atoms with E-state index in [2.05, 4.69) is 25.9 Å². The molecule has 1 aliphatic heterocycles. The number of aromatic amines is 1. The molecule has 3 heterocycles. The van der Waals surface area contributed by atoms with Crippen LogP contribution in [-0.4, -0.2) is 26.6 Å². The number of carbonyl (C=O) groups is 1. The zero-order chi connectivity index (χ0) is 25.5. The standard InChI is InChI=1S/C30H23BrN4O2/c1-2-26(36)35-25(21-12-6-10-19-11-7-15-32-29(19)21)17-24(34-35)28-27(18-8-4-3-5-9-18)22-16-20(31)13-14-23(22)33-30(28)37/h3-16,25H,2,17H2,1H3,(H,33,37)/t25-/m0/s1. The molecular formula is C30H23BrN4O2. The normalized spacial score (nSPS) is 15.4. The van der Waals surface area contributed by atoms with Crippen molar-refractivity contribution in [2.45, 2.75) is 25.8 Å². The van der Waals surface area contributed by atoms with Crippen LogP contribution in [-0.2, 0) is 4.79 Å². The minimum Gasteiger partial charge on any atom is -0.321 e. The summed E-state index contributed by atoms with van der Waals surface area (Å²) in [5.41, 5.74) is 5.06. The predicted molar refractivity (Wildman–Crippen MR) is 150 cm³/mol. The molecule has 5 aromatic rings. The van der Waals surface area contributed by atoms with Gasteiger partial charge in [-0.15, -0.1) is 0 Å². The maximum Gasteiger partial charge on any atom is 0.258 e. The van der Waals surface area contributed by atoms with E-state index in [0.717, 1.165) is 43.0 Å². The molecular weight excluding hydrogens is 528 g/mol. The lowest BCUT2D eigenvalue weighted by atomic mass is 9.90. The third-order valence-electron chi connectivity index (χ3n) is 6.82. The lowest BCUT2D eigenvalue weighted by Gasteiger charge is -2.22. The summed E-state index contributed by atoms with van der Waals surface area (Å²) < 4.78 is 0.908. The molecule has 1 N–H and O–H groups in total. The van der Waals surface area contributed by atoms with E-state index in [4.69, 9.17) is 5.10 Å². The SMILES string of the molecule is CCC(=O)N1N=C(c2c(-c3ccccc3)c3cc(Br)ccc3[nH]c2=O)C[C@H]1c1cccc2cccnc12. The molecule has 0 bridgehead atoms. The number of fused-ring (bicyclic) bond motifs is 2. The van der Waals surface area contributed by atoms with Gasteiger partial charge in [-0.25, -0.2) is 5.01 Å². The number of hydrogen-bond donors (Lipinski definition) is 1. The van der Waals surface area contributed by atoms with Crippen molar-refractivity contribution in [3.05, 3.63) is 111 Å². The lowest BCUT2D eigenvalue weighted by molar-refractivity contribution is -0.132. The van der Waals surface area contributed by atoms with E-state index < -0.39 is 0 Å². The summed E-state index contributed by atoms with van der Waals surface area (Å²) >= 11 is 3.58. The Bertz CT molecular complexity index is 1760. The minimum atomic E-state index is -0.359. The van der Waals surface area contributed by atoms with Crippen LogP contribution < -0.4 is 5.56 Å². The molecule has 2 aromatic heterocycles. The van der Waals surface area contributed by atoms with Gasteiger partial charge >= 0.3 is 0 Å². The maximum atomic E-state index is 13.6. The maximum absolute atomic E-state index is 13.6. The highest BCUT2D eigenvalue weighted by Gasteiger charge is 2.35. The van der Waals surface area contributed by atoms with Crippen LogP contribution in [0, 0.1) is 0 Å². The van der Waals surface area contributed by atoms with Crippen LogP contribution in [0.2, 0.25) is 0 Å². The van der Waals surface area contributed by atoms with Crippen molar-refractivity contribution in [2.75, 3.05) is 0 Å². The number of pyridine rings is 2. The molecule has 1 amide bonds. The number of H-pyrrole nitrogens is 1. The molecule has 37 heavy (non-hydrogen) atoms. The van der Waals surface area contributed by atoms with Crippen LogP contribution in [0.4, 0.5) is 0 Å². The van der Waals surface area contributed by atoms with Crippen LogP contribution >= 0.6 is 15.9 Å². The van der Waals surface area contributed by atoms with E-state index in [1.165, 1.54) is 5.01 Å².